The number of benzene rings is 1. The van der Waals surface area contributed by atoms with Crippen molar-refractivity contribution in [3.63, 3.8) is 0 Å². The van der Waals surface area contributed by atoms with Crippen LogP contribution in [0, 0.1) is 5.92 Å². The Morgan fingerprint density at radius 2 is 1.87 bits per heavy atom. The predicted molar refractivity (Wildman–Crippen MR) is 59.5 cm³/mol. The number of esters is 1. The standard InChI is InChI=1S/C11H14O2.CH4O/c1-9(11(12)13-2)8-10-6-4-3-5-7-10;1-2/h3-7,9H,8H2,1-2H3;2H,1H3. The second-order valence-electron chi connectivity index (χ2n) is 3.11. The lowest BCUT2D eigenvalue weighted by Gasteiger charge is -2.08. The fourth-order valence-corrected chi connectivity index (χ4v) is 1.25. The number of rotatable bonds is 3. The van der Waals surface area contributed by atoms with Gasteiger partial charge in [0, 0.05) is 7.11 Å². The third kappa shape index (κ3) is 5.18. The minimum Gasteiger partial charge on any atom is -0.469 e. The van der Waals surface area contributed by atoms with E-state index < -0.39 is 0 Å². The molecular formula is C12H18O3. The van der Waals surface area contributed by atoms with Gasteiger partial charge in [-0.3, -0.25) is 4.79 Å². The van der Waals surface area contributed by atoms with Gasteiger partial charge in [-0.25, -0.2) is 0 Å². The Morgan fingerprint density at radius 3 is 2.33 bits per heavy atom. The van der Waals surface area contributed by atoms with Gasteiger partial charge in [-0.1, -0.05) is 37.3 Å². The first-order valence-electron chi connectivity index (χ1n) is 4.80. The lowest BCUT2D eigenvalue weighted by molar-refractivity contribution is -0.144. The van der Waals surface area contributed by atoms with E-state index in [1.807, 2.05) is 37.3 Å². The molecule has 1 aromatic carbocycles. The third-order valence-corrected chi connectivity index (χ3v) is 1.99. The fourth-order valence-electron chi connectivity index (χ4n) is 1.25. The van der Waals surface area contributed by atoms with Crippen LogP contribution in [-0.2, 0) is 16.0 Å². The highest BCUT2D eigenvalue weighted by molar-refractivity contribution is 5.72. The molecule has 0 heterocycles. The van der Waals surface area contributed by atoms with E-state index in [9.17, 15) is 4.79 Å². The molecule has 84 valence electrons. The van der Waals surface area contributed by atoms with Gasteiger partial charge in [-0.15, -0.1) is 0 Å². The van der Waals surface area contributed by atoms with E-state index in [1.54, 1.807) is 0 Å². The van der Waals surface area contributed by atoms with Crippen molar-refractivity contribution >= 4 is 5.97 Å². The van der Waals surface area contributed by atoms with Gasteiger partial charge in [0.15, 0.2) is 0 Å². The number of hydrogen-bond acceptors (Lipinski definition) is 3. The average molecular weight is 210 g/mol. The Bertz CT molecular complexity index is 269. The SMILES string of the molecule is CO.COC(=O)C(C)Cc1ccccc1. The van der Waals surface area contributed by atoms with Gasteiger partial charge >= 0.3 is 5.97 Å². The molecule has 3 nitrogen and oxygen atoms in total. The first-order valence-corrected chi connectivity index (χ1v) is 4.80. The molecule has 3 heteroatoms. The Morgan fingerprint density at radius 1 is 1.33 bits per heavy atom. The van der Waals surface area contributed by atoms with Crippen LogP contribution in [0.2, 0.25) is 0 Å². The smallest absolute Gasteiger partial charge is 0.308 e. The van der Waals surface area contributed by atoms with Crippen LogP contribution < -0.4 is 0 Å². The zero-order valence-electron chi connectivity index (χ0n) is 9.43. The topological polar surface area (TPSA) is 46.5 Å². The van der Waals surface area contributed by atoms with Crippen molar-refractivity contribution in [2.75, 3.05) is 14.2 Å². The lowest BCUT2D eigenvalue weighted by Crippen LogP contribution is -2.14. The largest absolute Gasteiger partial charge is 0.469 e. The molecule has 1 rings (SSSR count). The first-order chi connectivity index (χ1) is 7.24. The van der Waals surface area contributed by atoms with Crippen LogP contribution in [-0.4, -0.2) is 25.3 Å². The molecule has 0 aliphatic heterocycles. The zero-order chi connectivity index (χ0) is 11.7. The van der Waals surface area contributed by atoms with Crippen LogP contribution in [0.3, 0.4) is 0 Å². The number of aliphatic hydroxyl groups is 1. The van der Waals surface area contributed by atoms with Crippen LogP contribution in [0.5, 0.6) is 0 Å². The molecule has 0 spiro atoms. The monoisotopic (exact) mass is 210 g/mol. The third-order valence-electron chi connectivity index (χ3n) is 1.99. The Hall–Kier alpha value is -1.35. The molecule has 1 atom stereocenters. The maximum atomic E-state index is 11.1. The molecule has 0 aliphatic carbocycles. The quantitative estimate of drug-likeness (QED) is 0.771. The number of hydrogen-bond donors (Lipinski definition) is 1. The molecule has 0 saturated carbocycles. The van der Waals surface area contributed by atoms with E-state index in [2.05, 4.69) is 4.74 Å². The second kappa shape index (κ2) is 8.00. The summed E-state index contributed by atoms with van der Waals surface area (Å²) in [6, 6.07) is 9.93. The maximum absolute atomic E-state index is 11.1. The summed E-state index contributed by atoms with van der Waals surface area (Å²) in [5, 5.41) is 7.00. The van der Waals surface area contributed by atoms with Crippen molar-refractivity contribution in [1.82, 2.24) is 0 Å². The van der Waals surface area contributed by atoms with E-state index in [4.69, 9.17) is 5.11 Å². The molecule has 1 N–H and O–H groups in total. The highest BCUT2D eigenvalue weighted by Gasteiger charge is 2.12. The average Bonchev–Trinajstić information content (AvgIpc) is 2.32. The van der Waals surface area contributed by atoms with Gasteiger partial charge in [-0.2, -0.15) is 0 Å². The number of carbonyl (C=O) groups excluding carboxylic acids is 1. The highest BCUT2D eigenvalue weighted by Crippen LogP contribution is 2.08. The summed E-state index contributed by atoms with van der Waals surface area (Å²) >= 11 is 0. The minimum atomic E-state index is -0.149. The molecular weight excluding hydrogens is 192 g/mol. The lowest BCUT2D eigenvalue weighted by atomic mass is 10.0. The van der Waals surface area contributed by atoms with Crippen molar-refractivity contribution in [3.05, 3.63) is 35.9 Å². The van der Waals surface area contributed by atoms with E-state index in [0.29, 0.717) is 0 Å². The van der Waals surface area contributed by atoms with Crippen molar-refractivity contribution < 1.29 is 14.6 Å². The molecule has 0 saturated heterocycles. The van der Waals surface area contributed by atoms with Crippen LogP contribution in [0.15, 0.2) is 30.3 Å². The van der Waals surface area contributed by atoms with E-state index in [0.717, 1.165) is 13.5 Å². The van der Waals surface area contributed by atoms with Gasteiger partial charge in [0.25, 0.3) is 0 Å². The summed E-state index contributed by atoms with van der Waals surface area (Å²) in [7, 11) is 2.42. The molecule has 0 aliphatic rings. The van der Waals surface area contributed by atoms with Gasteiger partial charge < -0.3 is 9.84 Å². The number of carbonyl (C=O) groups is 1. The molecule has 1 aromatic rings. The molecule has 1 unspecified atom stereocenters. The Labute approximate surface area is 90.7 Å². The predicted octanol–water partition coefficient (Wildman–Crippen LogP) is 1.65. The summed E-state index contributed by atoms with van der Waals surface area (Å²) in [6.45, 7) is 1.87. The van der Waals surface area contributed by atoms with Crippen LogP contribution in [0.25, 0.3) is 0 Å². The second-order valence-corrected chi connectivity index (χ2v) is 3.11. The maximum Gasteiger partial charge on any atom is 0.308 e. The summed E-state index contributed by atoms with van der Waals surface area (Å²) in [4.78, 5) is 11.1. The van der Waals surface area contributed by atoms with Crippen LogP contribution in [0.1, 0.15) is 12.5 Å². The molecule has 15 heavy (non-hydrogen) atoms. The van der Waals surface area contributed by atoms with Crippen LogP contribution in [0.4, 0.5) is 0 Å². The van der Waals surface area contributed by atoms with Gasteiger partial charge in [0.1, 0.15) is 0 Å². The van der Waals surface area contributed by atoms with Gasteiger partial charge in [-0.05, 0) is 12.0 Å². The Balaban J connectivity index is 0.000000921. The Kier molecular flexibility index (Phi) is 7.28. The fraction of sp³-hybridized carbons (Fsp3) is 0.417. The zero-order valence-corrected chi connectivity index (χ0v) is 9.43. The molecule has 0 amide bonds. The van der Waals surface area contributed by atoms with E-state index >= 15 is 0 Å². The van der Waals surface area contributed by atoms with Crippen molar-refractivity contribution in [2.24, 2.45) is 5.92 Å². The first kappa shape index (κ1) is 13.7. The molecule has 0 aromatic heterocycles. The van der Waals surface area contributed by atoms with Crippen molar-refractivity contribution in [3.8, 4) is 0 Å². The van der Waals surface area contributed by atoms with Crippen LogP contribution >= 0.6 is 0 Å². The number of aliphatic hydroxyl groups excluding tert-OH is 1. The normalized spacial score (nSPS) is 10.9. The minimum absolute atomic E-state index is 0.0626. The van der Waals surface area contributed by atoms with Gasteiger partial charge in [0.05, 0.1) is 13.0 Å². The molecule has 0 bridgehead atoms. The van der Waals surface area contributed by atoms with Crippen molar-refractivity contribution in [2.45, 2.75) is 13.3 Å². The van der Waals surface area contributed by atoms with Gasteiger partial charge in [0.2, 0.25) is 0 Å². The van der Waals surface area contributed by atoms with E-state index in [1.165, 1.54) is 12.7 Å². The van der Waals surface area contributed by atoms with E-state index in [-0.39, 0.29) is 11.9 Å². The van der Waals surface area contributed by atoms with Crippen molar-refractivity contribution in [1.29, 1.82) is 0 Å². The number of methoxy groups -OCH3 is 1. The summed E-state index contributed by atoms with van der Waals surface area (Å²) in [5.74, 6) is -0.212. The molecule has 0 radical (unpaired) electrons. The number of ether oxygens (including phenoxy) is 1. The highest BCUT2D eigenvalue weighted by atomic mass is 16.5. The molecule has 0 fully saturated rings. The summed E-state index contributed by atoms with van der Waals surface area (Å²) in [6.07, 6.45) is 0.744. The summed E-state index contributed by atoms with van der Waals surface area (Å²) in [5.41, 5.74) is 1.17. The summed E-state index contributed by atoms with van der Waals surface area (Å²) < 4.78 is 4.65.